The molecule has 1 rings (SSSR count). The van der Waals surface area contributed by atoms with Crippen molar-refractivity contribution in [2.24, 2.45) is 5.73 Å². The standard InChI is InChI=1S/C9H14N2S/c1-6-4-9(12-3)11-5-8(6)7(2)10/h4-5,7H,10H2,1-3H3/t7-/m0/s1. The Morgan fingerprint density at radius 1 is 1.58 bits per heavy atom. The first-order valence-corrected chi connectivity index (χ1v) is 5.13. The molecule has 2 N–H and O–H groups in total. The molecule has 0 spiro atoms. The highest BCUT2D eigenvalue weighted by atomic mass is 32.2. The summed E-state index contributed by atoms with van der Waals surface area (Å²) in [5.74, 6) is 0. The van der Waals surface area contributed by atoms with Crippen LogP contribution in [0.4, 0.5) is 0 Å². The fraction of sp³-hybridized carbons (Fsp3) is 0.444. The van der Waals surface area contributed by atoms with E-state index in [2.05, 4.69) is 18.0 Å². The summed E-state index contributed by atoms with van der Waals surface area (Å²) in [6.07, 6.45) is 3.89. The molecule has 1 aromatic heterocycles. The predicted octanol–water partition coefficient (Wildman–Crippen LogP) is 2.13. The van der Waals surface area contributed by atoms with Crippen LogP contribution in [-0.2, 0) is 0 Å². The summed E-state index contributed by atoms with van der Waals surface area (Å²) in [5, 5.41) is 1.05. The smallest absolute Gasteiger partial charge is 0.0959 e. The second-order valence-electron chi connectivity index (χ2n) is 2.87. The fourth-order valence-electron chi connectivity index (χ4n) is 1.13. The number of rotatable bonds is 2. The molecular weight excluding hydrogens is 168 g/mol. The van der Waals surface area contributed by atoms with Gasteiger partial charge in [-0.25, -0.2) is 4.98 Å². The van der Waals surface area contributed by atoms with Crippen LogP contribution >= 0.6 is 11.8 Å². The number of pyridine rings is 1. The van der Waals surface area contributed by atoms with Crippen molar-refractivity contribution in [2.75, 3.05) is 6.26 Å². The topological polar surface area (TPSA) is 38.9 Å². The molecule has 0 aromatic carbocycles. The highest BCUT2D eigenvalue weighted by molar-refractivity contribution is 7.98. The average Bonchev–Trinajstić information content (AvgIpc) is 2.03. The van der Waals surface area contributed by atoms with Crippen LogP contribution in [0, 0.1) is 6.92 Å². The van der Waals surface area contributed by atoms with Crippen molar-refractivity contribution < 1.29 is 0 Å². The van der Waals surface area contributed by atoms with E-state index in [9.17, 15) is 0 Å². The molecule has 0 aliphatic carbocycles. The number of hydrogen-bond donors (Lipinski definition) is 1. The summed E-state index contributed by atoms with van der Waals surface area (Å²) in [4.78, 5) is 4.26. The molecule has 0 unspecified atom stereocenters. The minimum atomic E-state index is 0.0772. The molecule has 0 radical (unpaired) electrons. The summed E-state index contributed by atoms with van der Waals surface area (Å²) in [5.41, 5.74) is 8.12. The normalized spacial score (nSPS) is 13.0. The van der Waals surface area contributed by atoms with Crippen molar-refractivity contribution >= 4 is 11.8 Å². The van der Waals surface area contributed by atoms with Crippen molar-refractivity contribution in [1.29, 1.82) is 0 Å². The van der Waals surface area contributed by atoms with Crippen molar-refractivity contribution in [1.82, 2.24) is 4.98 Å². The number of aromatic nitrogens is 1. The first-order chi connectivity index (χ1) is 5.65. The quantitative estimate of drug-likeness (QED) is 0.712. The zero-order chi connectivity index (χ0) is 9.14. The van der Waals surface area contributed by atoms with Crippen molar-refractivity contribution in [3.05, 3.63) is 23.4 Å². The third-order valence-electron chi connectivity index (χ3n) is 1.83. The highest BCUT2D eigenvalue weighted by Gasteiger charge is 2.04. The van der Waals surface area contributed by atoms with Gasteiger partial charge < -0.3 is 5.73 Å². The molecule has 0 aliphatic heterocycles. The van der Waals surface area contributed by atoms with E-state index in [1.165, 1.54) is 5.56 Å². The molecule has 1 atom stereocenters. The largest absolute Gasteiger partial charge is 0.324 e. The van der Waals surface area contributed by atoms with Crippen LogP contribution in [0.3, 0.4) is 0 Å². The van der Waals surface area contributed by atoms with E-state index in [-0.39, 0.29) is 6.04 Å². The molecular formula is C9H14N2S. The lowest BCUT2D eigenvalue weighted by atomic mass is 10.1. The number of aryl methyl sites for hydroxylation is 1. The fourth-order valence-corrected chi connectivity index (χ4v) is 1.58. The van der Waals surface area contributed by atoms with E-state index in [1.807, 2.05) is 19.4 Å². The van der Waals surface area contributed by atoms with Gasteiger partial charge in [0.2, 0.25) is 0 Å². The van der Waals surface area contributed by atoms with Gasteiger partial charge in [-0.15, -0.1) is 11.8 Å². The second-order valence-corrected chi connectivity index (χ2v) is 3.70. The lowest BCUT2D eigenvalue weighted by Crippen LogP contribution is -2.07. The molecule has 0 saturated heterocycles. The van der Waals surface area contributed by atoms with Gasteiger partial charge in [-0.1, -0.05) is 0 Å². The van der Waals surface area contributed by atoms with Gasteiger partial charge in [-0.05, 0) is 37.3 Å². The van der Waals surface area contributed by atoms with Gasteiger partial charge in [-0.3, -0.25) is 0 Å². The predicted molar refractivity (Wildman–Crippen MR) is 53.4 cm³/mol. The Balaban J connectivity index is 3.03. The molecule has 0 amide bonds. The molecule has 3 heteroatoms. The summed E-state index contributed by atoms with van der Waals surface area (Å²) < 4.78 is 0. The SMILES string of the molecule is CSc1cc(C)c([C@H](C)N)cn1. The Kier molecular flexibility index (Phi) is 3.12. The Morgan fingerprint density at radius 3 is 2.67 bits per heavy atom. The van der Waals surface area contributed by atoms with E-state index in [0.717, 1.165) is 10.6 Å². The zero-order valence-electron chi connectivity index (χ0n) is 7.66. The number of nitrogens with zero attached hydrogens (tertiary/aromatic N) is 1. The second kappa shape index (κ2) is 3.92. The maximum absolute atomic E-state index is 5.76. The van der Waals surface area contributed by atoms with E-state index < -0.39 is 0 Å². The minimum Gasteiger partial charge on any atom is -0.324 e. The van der Waals surface area contributed by atoms with Gasteiger partial charge in [-0.2, -0.15) is 0 Å². The van der Waals surface area contributed by atoms with Crippen molar-refractivity contribution in [3.8, 4) is 0 Å². The van der Waals surface area contributed by atoms with Crippen LogP contribution in [0.1, 0.15) is 24.1 Å². The molecule has 12 heavy (non-hydrogen) atoms. The van der Waals surface area contributed by atoms with Crippen LogP contribution in [0.25, 0.3) is 0 Å². The van der Waals surface area contributed by atoms with Gasteiger partial charge >= 0.3 is 0 Å². The van der Waals surface area contributed by atoms with Crippen LogP contribution in [0.15, 0.2) is 17.3 Å². The number of hydrogen-bond acceptors (Lipinski definition) is 3. The average molecular weight is 182 g/mol. The summed E-state index contributed by atoms with van der Waals surface area (Å²) in [6, 6.07) is 2.15. The zero-order valence-corrected chi connectivity index (χ0v) is 8.48. The molecule has 66 valence electrons. The Bertz CT molecular complexity index is 271. The lowest BCUT2D eigenvalue weighted by Gasteiger charge is -2.09. The van der Waals surface area contributed by atoms with Gasteiger partial charge in [0.1, 0.15) is 0 Å². The molecule has 2 nitrogen and oxygen atoms in total. The van der Waals surface area contributed by atoms with Crippen molar-refractivity contribution in [3.63, 3.8) is 0 Å². The van der Waals surface area contributed by atoms with E-state index in [4.69, 9.17) is 5.73 Å². The lowest BCUT2D eigenvalue weighted by molar-refractivity contribution is 0.796. The monoisotopic (exact) mass is 182 g/mol. The van der Waals surface area contributed by atoms with Gasteiger partial charge in [0.15, 0.2) is 0 Å². The van der Waals surface area contributed by atoms with Gasteiger partial charge in [0, 0.05) is 12.2 Å². The number of nitrogens with two attached hydrogens (primary N) is 1. The third kappa shape index (κ3) is 1.99. The first kappa shape index (κ1) is 9.55. The van der Waals surface area contributed by atoms with Crippen LogP contribution in [0.2, 0.25) is 0 Å². The molecule has 0 bridgehead atoms. The van der Waals surface area contributed by atoms with E-state index in [1.54, 1.807) is 11.8 Å². The van der Waals surface area contributed by atoms with Crippen LogP contribution in [0.5, 0.6) is 0 Å². The van der Waals surface area contributed by atoms with Gasteiger partial charge in [0.05, 0.1) is 5.03 Å². The molecule has 0 saturated carbocycles. The summed E-state index contributed by atoms with van der Waals surface area (Å²) in [7, 11) is 0. The highest BCUT2D eigenvalue weighted by Crippen LogP contribution is 2.19. The molecule has 0 aliphatic rings. The molecule has 1 aromatic rings. The van der Waals surface area contributed by atoms with Crippen LogP contribution < -0.4 is 5.73 Å². The summed E-state index contributed by atoms with van der Waals surface area (Å²) >= 11 is 1.65. The molecule has 1 heterocycles. The van der Waals surface area contributed by atoms with E-state index >= 15 is 0 Å². The summed E-state index contributed by atoms with van der Waals surface area (Å²) in [6.45, 7) is 4.04. The Hall–Kier alpha value is -0.540. The Labute approximate surface area is 77.6 Å². The van der Waals surface area contributed by atoms with Crippen LogP contribution in [-0.4, -0.2) is 11.2 Å². The maximum Gasteiger partial charge on any atom is 0.0959 e. The molecule has 0 fully saturated rings. The Morgan fingerprint density at radius 2 is 2.25 bits per heavy atom. The van der Waals surface area contributed by atoms with E-state index in [0.29, 0.717) is 0 Å². The first-order valence-electron chi connectivity index (χ1n) is 3.91. The van der Waals surface area contributed by atoms with Gasteiger partial charge in [0.25, 0.3) is 0 Å². The number of thioether (sulfide) groups is 1. The maximum atomic E-state index is 5.76. The third-order valence-corrected chi connectivity index (χ3v) is 2.47. The minimum absolute atomic E-state index is 0.0772. The van der Waals surface area contributed by atoms with Crippen molar-refractivity contribution in [2.45, 2.75) is 24.9 Å².